The van der Waals surface area contributed by atoms with Crippen molar-refractivity contribution >= 4 is 5.97 Å². The monoisotopic (exact) mass is 262 g/mol. The van der Waals surface area contributed by atoms with Crippen LogP contribution in [-0.2, 0) is 9.53 Å². The Balaban J connectivity index is 5.54. The maximum atomic E-state index is 12.5. The van der Waals surface area contributed by atoms with Gasteiger partial charge in [0.2, 0.25) is 0 Å². The molecule has 0 spiro atoms. The van der Waals surface area contributed by atoms with E-state index in [2.05, 4.69) is 11.2 Å². The van der Waals surface area contributed by atoms with Gasteiger partial charge in [0, 0.05) is 0 Å². The summed E-state index contributed by atoms with van der Waals surface area (Å²) in [5.74, 6) is -0.813. The maximum Gasteiger partial charge on any atom is 0.413 e. The lowest BCUT2D eigenvalue weighted by Gasteiger charge is -2.33. The van der Waals surface area contributed by atoms with Crippen molar-refractivity contribution in [1.29, 1.82) is 0 Å². The van der Waals surface area contributed by atoms with Gasteiger partial charge in [-0.15, -0.1) is 6.42 Å². The highest BCUT2D eigenvalue weighted by Crippen LogP contribution is 2.53. The first kappa shape index (κ1) is 15.6. The number of esters is 1. The van der Waals surface area contributed by atoms with Gasteiger partial charge in [0.15, 0.2) is 6.61 Å². The van der Waals surface area contributed by atoms with Crippen molar-refractivity contribution in [3.05, 3.63) is 0 Å². The van der Waals surface area contributed by atoms with E-state index in [9.17, 15) is 31.1 Å². The number of ether oxygens (including phenoxy) is 1. The number of alkyl halides is 6. The quantitative estimate of drug-likeness (QED) is 0.444. The molecule has 0 fully saturated rings. The van der Waals surface area contributed by atoms with E-state index in [1.165, 1.54) is 0 Å². The minimum atomic E-state index is -5.80. The van der Waals surface area contributed by atoms with Crippen molar-refractivity contribution in [2.75, 3.05) is 6.61 Å². The lowest BCUT2D eigenvalue weighted by Crippen LogP contribution is -2.56. The third kappa shape index (κ3) is 2.65. The molecule has 0 atom stereocenters. The highest BCUT2D eigenvalue weighted by Gasteiger charge is 2.75. The van der Waals surface area contributed by atoms with E-state index in [1.807, 2.05) is 0 Å². The Kier molecular flexibility index (Phi) is 4.46. The summed E-state index contributed by atoms with van der Waals surface area (Å²) in [7, 11) is 0. The zero-order valence-corrected chi connectivity index (χ0v) is 8.58. The number of hydrogen-bond acceptors (Lipinski definition) is 2. The molecule has 0 saturated carbocycles. The predicted molar refractivity (Wildman–Crippen MR) is 44.6 cm³/mol. The molecule has 0 bridgehead atoms. The van der Waals surface area contributed by atoms with Gasteiger partial charge >= 0.3 is 18.3 Å². The summed E-state index contributed by atoms with van der Waals surface area (Å²) in [4.78, 5) is 11.0. The number of rotatable bonds is 3. The Labute approximate surface area is 92.9 Å². The Morgan fingerprint density at radius 1 is 1.18 bits per heavy atom. The average Bonchev–Trinajstić information content (AvgIpc) is 2.11. The van der Waals surface area contributed by atoms with E-state index >= 15 is 0 Å². The van der Waals surface area contributed by atoms with Crippen molar-refractivity contribution in [1.82, 2.24) is 0 Å². The summed E-state index contributed by atoms with van der Waals surface area (Å²) in [6, 6.07) is 0. The van der Waals surface area contributed by atoms with Gasteiger partial charge in [-0.3, -0.25) is 4.79 Å². The van der Waals surface area contributed by atoms with Gasteiger partial charge in [-0.2, -0.15) is 26.3 Å². The molecule has 0 rings (SSSR count). The molecule has 0 aliphatic carbocycles. The van der Waals surface area contributed by atoms with Crippen molar-refractivity contribution in [3.8, 4) is 12.3 Å². The summed E-state index contributed by atoms with van der Waals surface area (Å²) >= 11 is 0. The molecule has 0 aromatic carbocycles. The second-order valence-electron chi connectivity index (χ2n) is 3.03. The van der Waals surface area contributed by atoms with E-state index < -0.39 is 36.8 Å². The summed E-state index contributed by atoms with van der Waals surface area (Å²) in [5, 5.41) is 0. The lowest BCUT2D eigenvalue weighted by atomic mass is 9.83. The summed E-state index contributed by atoms with van der Waals surface area (Å²) in [6.45, 7) is -0.356. The van der Waals surface area contributed by atoms with E-state index in [1.54, 1.807) is 5.92 Å². The third-order valence-electron chi connectivity index (χ3n) is 2.13. The molecular formula is C9H8F6O2. The fourth-order valence-electron chi connectivity index (χ4n) is 1.17. The van der Waals surface area contributed by atoms with E-state index in [4.69, 9.17) is 0 Å². The zero-order chi connectivity index (χ0) is 13.9. The van der Waals surface area contributed by atoms with Crippen LogP contribution < -0.4 is 0 Å². The molecule has 0 aromatic rings. The fourth-order valence-corrected chi connectivity index (χ4v) is 1.17. The predicted octanol–water partition coefficient (Wildman–Crippen LogP) is 2.68. The maximum absolute atomic E-state index is 12.5. The number of terminal acetylenes is 1. The largest absolute Gasteiger partial charge is 0.452 e. The van der Waals surface area contributed by atoms with Crippen LogP contribution in [0.1, 0.15) is 13.3 Å². The summed E-state index contributed by atoms with van der Waals surface area (Å²) in [5.41, 5.74) is -4.53. The molecule has 0 aliphatic rings. The Hall–Kier alpha value is -1.39. The van der Waals surface area contributed by atoms with Gasteiger partial charge in [-0.1, -0.05) is 12.8 Å². The van der Waals surface area contributed by atoms with Crippen LogP contribution in [0.2, 0.25) is 0 Å². The average molecular weight is 262 g/mol. The molecule has 0 heterocycles. The van der Waals surface area contributed by atoms with Gasteiger partial charge in [0.05, 0.1) is 0 Å². The first-order chi connectivity index (χ1) is 7.54. The Bertz CT molecular complexity index is 308. The summed E-state index contributed by atoms with van der Waals surface area (Å²) < 4.78 is 78.6. The molecule has 17 heavy (non-hydrogen) atoms. The Morgan fingerprint density at radius 2 is 1.59 bits per heavy atom. The van der Waals surface area contributed by atoms with E-state index in [-0.39, 0.29) is 0 Å². The van der Waals surface area contributed by atoms with Crippen LogP contribution >= 0.6 is 0 Å². The first-order valence-corrected chi connectivity index (χ1v) is 4.28. The molecular weight excluding hydrogens is 254 g/mol. The molecule has 98 valence electrons. The molecule has 0 radical (unpaired) electrons. The fraction of sp³-hybridized carbons (Fsp3) is 0.667. The molecule has 0 saturated heterocycles. The normalized spacial score (nSPS) is 13.1. The smallest absolute Gasteiger partial charge is 0.413 e. The van der Waals surface area contributed by atoms with Crippen molar-refractivity contribution in [3.63, 3.8) is 0 Å². The van der Waals surface area contributed by atoms with Crippen LogP contribution in [0.15, 0.2) is 0 Å². The Morgan fingerprint density at radius 3 is 1.82 bits per heavy atom. The first-order valence-electron chi connectivity index (χ1n) is 4.28. The number of halogens is 6. The lowest BCUT2D eigenvalue weighted by molar-refractivity contribution is -0.333. The minimum Gasteiger partial charge on any atom is -0.452 e. The van der Waals surface area contributed by atoms with Gasteiger partial charge in [-0.25, -0.2) is 0 Å². The molecule has 0 N–H and O–H groups in total. The molecule has 0 aromatic heterocycles. The molecule has 0 aliphatic heterocycles. The molecule has 2 nitrogen and oxygen atoms in total. The van der Waals surface area contributed by atoms with Gasteiger partial charge in [0.25, 0.3) is 5.41 Å². The number of carbonyl (C=O) groups excluding carboxylic acids is 1. The van der Waals surface area contributed by atoms with Crippen LogP contribution in [0.3, 0.4) is 0 Å². The van der Waals surface area contributed by atoms with Crippen molar-refractivity contribution in [2.24, 2.45) is 5.41 Å². The van der Waals surface area contributed by atoms with Gasteiger partial charge < -0.3 is 4.74 Å². The SMILES string of the molecule is C#CCOC(=O)C(CC)(C(F)(F)F)C(F)(F)F. The highest BCUT2D eigenvalue weighted by atomic mass is 19.4. The van der Waals surface area contributed by atoms with Crippen LogP contribution in [0.4, 0.5) is 26.3 Å². The number of hydrogen-bond donors (Lipinski definition) is 0. The number of carbonyl (C=O) groups is 1. The highest BCUT2D eigenvalue weighted by molar-refractivity contribution is 5.79. The van der Waals surface area contributed by atoms with Crippen LogP contribution in [-0.4, -0.2) is 24.9 Å². The van der Waals surface area contributed by atoms with E-state index in [0.717, 1.165) is 0 Å². The second kappa shape index (κ2) is 4.85. The molecule has 0 amide bonds. The van der Waals surface area contributed by atoms with Crippen molar-refractivity contribution in [2.45, 2.75) is 25.7 Å². The van der Waals surface area contributed by atoms with Crippen molar-refractivity contribution < 1.29 is 35.9 Å². The zero-order valence-electron chi connectivity index (χ0n) is 8.58. The van der Waals surface area contributed by atoms with Crippen LogP contribution in [0.5, 0.6) is 0 Å². The molecule has 0 unspecified atom stereocenters. The topological polar surface area (TPSA) is 26.3 Å². The standard InChI is InChI=1S/C9H8F6O2/c1-3-5-17-6(16)7(4-2,8(10,11)12)9(13,14)15/h1H,4-5H2,2H3. The minimum absolute atomic E-state index is 0.595. The van der Waals surface area contributed by atoms with Crippen LogP contribution in [0, 0.1) is 17.8 Å². The molecule has 8 heteroatoms. The van der Waals surface area contributed by atoms with Crippen LogP contribution in [0.25, 0.3) is 0 Å². The van der Waals surface area contributed by atoms with Gasteiger partial charge in [0.1, 0.15) is 0 Å². The van der Waals surface area contributed by atoms with E-state index in [0.29, 0.717) is 6.92 Å². The second-order valence-corrected chi connectivity index (χ2v) is 3.03. The summed E-state index contributed by atoms with van der Waals surface area (Å²) in [6.07, 6.45) is -8.52. The third-order valence-corrected chi connectivity index (χ3v) is 2.13. The van der Waals surface area contributed by atoms with Gasteiger partial charge in [-0.05, 0) is 6.42 Å².